The maximum Gasteiger partial charge on any atom is 0.317 e. The van der Waals surface area contributed by atoms with Gasteiger partial charge >= 0.3 is 6.03 Å². The summed E-state index contributed by atoms with van der Waals surface area (Å²) in [6, 6.07) is 0.00192. The molecule has 3 amide bonds. The number of hydrogen-bond donors (Lipinski definition) is 3. The zero-order valence-electron chi connectivity index (χ0n) is 13.4. The molecule has 1 aliphatic rings. The molecule has 0 bridgehead atoms. The highest BCUT2D eigenvalue weighted by molar-refractivity contribution is 7.88. The third-order valence-electron chi connectivity index (χ3n) is 3.35. The van der Waals surface area contributed by atoms with Crippen molar-refractivity contribution in [2.75, 3.05) is 32.4 Å². The fourth-order valence-electron chi connectivity index (χ4n) is 2.25. The Morgan fingerprint density at radius 2 is 1.77 bits per heavy atom. The predicted molar refractivity (Wildman–Crippen MR) is 83.8 cm³/mol. The average Bonchev–Trinajstić information content (AvgIpc) is 2.41. The van der Waals surface area contributed by atoms with Gasteiger partial charge in [0.1, 0.15) is 0 Å². The Kier molecular flexibility index (Phi) is 7.08. The maximum absolute atomic E-state index is 12.0. The van der Waals surface area contributed by atoms with Crippen molar-refractivity contribution in [2.24, 2.45) is 5.92 Å². The van der Waals surface area contributed by atoms with Crippen molar-refractivity contribution >= 4 is 22.0 Å². The molecule has 1 saturated heterocycles. The van der Waals surface area contributed by atoms with Crippen LogP contribution in [0.1, 0.15) is 26.7 Å². The van der Waals surface area contributed by atoms with Crippen molar-refractivity contribution in [1.82, 2.24) is 20.3 Å². The molecule has 22 heavy (non-hydrogen) atoms. The van der Waals surface area contributed by atoms with Gasteiger partial charge in [-0.1, -0.05) is 0 Å². The highest BCUT2D eigenvalue weighted by Crippen LogP contribution is 2.17. The van der Waals surface area contributed by atoms with E-state index in [4.69, 9.17) is 0 Å². The van der Waals surface area contributed by atoms with E-state index in [0.29, 0.717) is 25.9 Å². The van der Waals surface area contributed by atoms with Crippen LogP contribution in [0.2, 0.25) is 0 Å². The standard InChI is InChI=1S/C13H26N4O4S/c1-10(2)16-13(19)17-8-4-11(5-9-17)12(18)14-6-7-15-22(3,20)21/h10-11,15H,4-9H2,1-3H3,(H,14,18)(H,16,19). The minimum absolute atomic E-state index is 0.0841. The molecule has 0 aliphatic carbocycles. The number of rotatable bonds is 6. The summed E-state index contributed by atoms with van der Waals surface area (Å²) < 4.78 is 24.1. The van der Waals surface area contributed by atoms with Crippen LogP contribution in [0.5, 0.6) is 0 Å². The SMILES string of the molecule is CC(C)NC(=O)N1CCC(C(=O)NCCNS(C)(=O)=O)CC1. The highest BCUT2D eigenvalue weighted by atomic mass is 32.2. The van der Waals surface area contributed by atoms with Gasteiger partial charge in [-0.3, -0.25) is 4.79 Å². The van der Waals surface area contributed by atoms with Gasteiger partial charge in [0.15, 0.2) is 0 Å². The van der Waals surface area contributed by atoms with Gasteiger partial charge < -0.3 is 15.5 Å². The van der Waals surface area contributed by atoms with E-state index in [2.05, 4.69) is 15.4 Å². The second-order valence-electron chi connectivity index (χ2n) is 5.82. The minimum Gasteiger partial charge on any atom is -0.355 e. The van der Waals surface area contributed by atoms with E-state index < -0.39 is 10.0 Å². The van der Waals surface area contributed by atoms with E-state index in [1.54, 1.807) is 4.90 Å². The number of carbonyl (C=O) groups is 2. The molecule has 1 rings (SSSR count). The summed E-state index contributed by atoms with van der Waals surface area (Å²) in [7, 11) is -3.23. The molecule has 1 fully saturated rings. The van der Waals surface area contributed by atoms with E-state index in [1.165, 1.54) is 0 Å². The first kappa shape index (κ1) is 18.7. The molecule has 128 valence electrons. The van der Waals surface area contributed by atoms with Gasteiger partial charge in [0.2, 0.25) is 15.9 Å². The van der Waals surface area contributed by atoms with Gasteiger partial charge in [-0.05, 0) is 26.7 Å². The summed E-state index contributed by atoms with van der Waals surface area (Å²) in [6.45, 7) is 5.36. The number of nitrogens with one attached hydrogen (secondary N) is 3. The van der Waals surface area contributed by atoms with Gasteiger partial charge in [0, 0.05) is 38.1 Å². The maximum atomic E-state index is 12.0. The third kappa shape index (κ3) is 7.08. The van der Waals surface area contributed by atoms with Crippen LogP contribution in [-0.4, -0.2) is 63.7 Å². The Hall–Kier alpha value is -1.35. The Labute approximate surface area is 132 Å². The Morgan fingerprint density at radius 1 is 1.18 bits per heavy atom. The lowest BCUT2D eigenvalue weighted by atomic mass is 9.96. The Morgan fingerprint density at radius 3 is 2.27 bits per heavy atom. The van der Waals surface area contributed by atoms with Crippen molar-refractivity contribution in [1.29, 1.82) is 0 Å². The molecule has 0 saturated carbocycles. The molecular weight excluding hydrogens is 308 g/mol. The van der Waals surface area contributed by atoms with Crippen LogP contribution < -0.4 is 15.4 Å². The topological polar surface area (TPSA) is 108 Å². The minimum atomic E-state index is -3.23. The average molecular weight is 334 g/mol. The lowest BCUT2D eigenvalue weighted by molar-refractivity contribution is -0.126. The molecule has 0 atom stereocenters. The summed E-state index contributed by atoms with van der Waals surface area (Å²) in [6.07, 6.45) is 2.32. The van der Waals surface area contributed by atoms with Crippen LogP contribution in [0.3, 0.4) is 0 Å². The zero-order valence-corrected chi connectivity index (χ0v) is 14.2. The van der Waals surface area contributed by atoms with E-state index in [-0.39, 0.29) is 37.0 Å². The van der Waals surface area contributed by atoms with Crippen LogP contribution in [0.25, 0.3) is 0 Å². The smallest absolute Gasteiger partial charge is 0.317 e. The predicted octanol–water partition coefficient (Wildman–Crippen LogP) is -0.518. The lowest BCUT2D eigenvalue weighted by Gasteiger charge is -2.31. The molecule has 0 aromatic rings. The lowest BCUT2D eigenvalue weighted by Crippen LogP contribution is -2.48. The summed E-state index contributed by atoms with van der Waals surface area (Å²) in [5, 5.41) is 5.55. The molecule has 0 spiro atoms. The molecule has 9 heteroatoms. The van der Waals surface area contributed by atoms with Crippen LogP contribution in [-0.2, 0) is 14.8 Å². The molecule has 1 heterocycles. The number of likely N-dealkylation sites (tertiary alicyclic amines) is 1. The molecule has 0 radical (unpaired) electrons. The molecule has 8 nitrogen and oxygen atoms in total. The summed E-state index contributed by atoms with van der Waals surface area (Å²) in [5.41, 5.74) is 0. The summed E-state index contributed by atoms with van der Waals surface area (Å²) >= 11 is 0. The second kappa shape index (κ2) is 8.33. The van der Waals surface area contributed by atoms with Crippen LogP contribution in [0.15, 0.2) is 0 Å². The Bertz CT molecular complexity index is 484. The number of piperidine rings is 1. The first-order chi connectivity index (χ1) is 10.2. The number of nitrogens with zero attached hydrogens (tertiary/aromatic N) is 1. The van der Waals surface area contributed by atoms with Gasteiger partial charge in [-0.25, -0.2) is 17.9 Å². The highest BCUT2D eigenvalue weighted by Gasteiger charge is 2.27. The van der Waals surface area contributed by atoms with Crippen LogP contribution >= 0.6 is 0 Å². The number of carbonyl (C=O) groups excluding carboxylic acids is 2. The molecule has 3 N–H and O–H groups in total. The van der Waals surface area contributed by atoms with Crippen LogP contribution in [0.4, 0.5) is 4.79 Å². The second-order valence-corrected chi connectivity index (χ2v) is 7.66. The molecule has 1 aliphatic heterocycles. The quantitative estimate of drug-likeness (QED) is 0.568. The van der Waals surface area contributed by atoms with E-state index in [9.17, 15) is 18.0 Å². The first-order valence-electron chi connectivity index (χ1n) is 7.47. The molecule has 0 aromatic heterocycles. The number of amides is 3. The molecule has 0 aromatic carbocycles. The summed E-state index contributed by atoms with van der Waals surface area (Å²) in [5.74, 6) is -0.208. The van der Waals surface area contributed by atoms with Gasteiger partial charge in [0.05, 0.1) is 6.26 Å². The first-order valence-corrected chi connectivity index (χ1v) is 9.36. The van der Waals surface area contributed by atoms with E-state index >= 15 is 0 Å². The largest absolute Gasteiger partial charge is 0.355 e. The Balaban J connectivity index is 2.26. The van der Waals surface area contributed by atoms with Crippen molar-refractivity contribution < 1.29 is 18.0 Å². The third-order valence-corrected chi connectivity index (χ3v) is 4.08. The van der Waals surface area contributed by atoms with Crippen molar-refractivity contribution in [3.63, 3.8) is 0 Å². The molecule has 0 unspecified atom stereocenters. The van der Waals surface area contributed by atoms with Crippen LogP contribution in [0, 0.1) is 5.92 Å². The van der Waals surface area contributed by atoms with Crippen molar-refractivity contribution in [3.05, 3.63) is 0 Å². The fourth-order valence-corrected chi connectivity index (χ4v) is 2.72. The normalized spacial score (nSPS) is 16.6. The van der Waals surface area contributed by atoms with Crippen molar-refractivity contribution in [2.45, 2.75) is 32.7 Å². The fraction of sp³-hybridized carbons (Fsp3) is 0.846. The number of sulfonamides is 1. The van der Waals surface area contributed by atoms with Gasteiger partial charge in [0.25, 0.3) is 0 Å². The number of hydrogen-bond acceptors (Lipinski definition) is 4. The number of urea groups is 1. The van der Waals surface area contributed by atoms with Gasteiger partial charge in [-0.15, -0.1) is 0 Å². The molecular formula is C13H26N4O4S. The van der Waals surface area contributed by atoms with E-state index in [1.807, 2.05) is 13.8 Å². The van der Waals surface area contributed by atoms with Crippen molar-refractivity contribution in [3.8, 4) is 0 Å². The monoisotopic (exact) mass is 334 g/mol. The van der Waals surface area contributed by atoms with E-state index in [0.717, 1.165) is 6.26 Å². The van der Waals surface area contributed by atoms with Gasteiger partial charge in [-0.2, -0.15) is 0 Å². The summed E-state index contributed by atoms with van der Waals surface area (Å²) in [4.78, 5) is 25.5. The zero-order chi connectivity index (χ0) is 16.8.